The predicted molar refractivity (Wildman–Crippen MR) is 126 cm³/mol. The molecule has 1 unspecified atom stereocenters. The zero-order valence-corrected chi connectivity index (χ0v) is 19.2. The summed E-state index contributed by atoms with van der Waals surface area (Å²) in [5.74, 6) is -0.0554. The lowest BCUT2D eigenvalue weighted by atomic mass is 10.0. The van der Waals surface area contributed by atoms with Gasteiger partial charge >= 0.3 is 0 Å². The van der Waals surface area contributed by atoms with Crippen molar-refractivity contribution < 1.29 is 9.53 Å². The molecule has 2 aromatic carbocycles. The number of carbonyl (C=O) groups is 1. The second-order valence-corrected chi connectivity index (χ2v) is 9.04. The number of rotatable bonds is 6. The molecule has 31 heavy (non-hydrogen) atoms. The fourth-order valence-corrected chi connectivity index (χ4v) is 5.14. The van der Waals surface area contributed by atoms with Crippen LogP contribution in [-0.4, -0.2) is 48.6 Å². The number of benzene rings is 2. The van der Waals surface area contributed by atoms with Crippen LogP contribution in [0.3, 0.4) is 0 Å². The van der Waals surface area contributed by atoms with E-state index in [9.17, 15) is 4.79 Å². The minimum Gasteiger partial charge on any atom is -0.379 e. The molecule has 0 saturated carbocycles. The zero-order chi connectivity index (χ0) is 21.8. The number of nitrogens with zero attached hydrogens (tertiary/aromatic N) is 2. The summed E-state index contributed by atoms with van der Waals surface area (Å²) >= 11 is 1.47. The molecule has 3 aromatic rings. The molecule has 1 saturated heterocycles. The van der Waals surface area contributed by atoms with Gasteiger partial charge in [-0.3, -0.25) is 9.69 Å². The Hall–Kier alpha value is -2.54. The second-order valence-electron chi connectivity index (χ2n) is 8.04. The molecule has 1 aliphatic heterocycles. The van der Waals surface area contributed by atoms with E-state index in [-0.39, 0.29) is 11.9 Å². The molecule has 0 radical (unpaired) electrons. The Labute approximate surface area is 188 Å². The summed E-state index contributed by atoms with van der Waals surface area (Å²) in [5, 5.41) is 4.07. The Morgan fingerprint density at radius 3 is 2.58 bits per heavy atom. The average molecular weight is 436 g/mol. The van der Waals surface area contributed by atoms with Crippen molar-refractivity contribution in [1.82, 2.24) is 15.2 Å². The van der Waals surface area contributed by atoms with Crippen molar-refractivity contribution in [1.29, 1.82) is 0 Å². The van der Waals surface area contributed by atoms with E-state index in [1.165, 1.54) is 28.0 Å². The third-order valence-corrected chi connectivity index (χ3v) is 6.93. The van der Waals surface area contributed by atoms with Gasteiger partial charge in [0, 0.05) is 25.2 Å². The van der Waals surface area contributed by atoms with Crippen LogP contribution in [0, 0.1) is 20.8 Å². The Balaban J connectivity index is 1.51. The molecule has 2 heterocycles. The van der Waals surface area contributed by atoms with E-state index in [0.29, 0.717) is 11.4 Å². The van der Waals surface area contributed by atoms with E-state index >= 15 is 0 Å². The van der Waals surface area contributed by atoms with Gasteiger partial charge in [-0.2, -0.15) is 0 Å². The van der Waals surface area contributed by atoms with Gasteiger partial charge in [0.25, 0.3) is 5.91 Å². The zero-order valence-electron chi connectivity index (χ0n) is 18.4. The van der Waals surface area contributed by atoms with Crippen LogP contribution in [0.4, 0.5) is 0 Å². The highest BCUT2D eigenvalue weighted by molar-refractivity contribution is 7.17. The van der Waals surface area contributed by atoms with Crippen molar-refractivity contribution in [2.24, 2.45) is 0 Å². The Kier molecular flexibility index (Phi) is 6.80. The maximum absolute atomic E-state index is 13.1. The van der Waals surface area contributed by atoms with E-state index in [1.54, 1.807) is 0 Å². The molecule has 1 aromatic heterocycles. The Morgan fingerprint density at radius 2 is 1.87 bits per heavy atom. The summed E-state index contributed by atoms with van der Waals surface area (Å²) in [4.78, 5) is 20.9. The fraction of sp³-hybridized carbons (Fsp3) is 0.360. The SMILES string of the molecule is Cc1ccc(-c2nc(C)c(C(=O)NCC(c3ccccc3)N3CCOCC3)s2)c(C)c1. The van der Waals surface area contributed by atoms with Crippen molar-refractivity contribution in [2.75, 3.05) is 32.8 Å². The van der Waals surface area contributed by atoms with Gasteiger partial charge < -0.3 is 10.1 Å². The number of nitrogens with one attached hydrogen (secondary N) is 1. The van der Waals surface area contributed by atoms with Crippen molar-refractivity contribution in [3.8, 4) is 10.6 Å². The standard InChI is InChI=1S/C25H29N3O2S/c1-17-9-10-21(18(2)15-17)25-27-19(3)23(31-25)24(29)26-16-22(20-7-5-4-6-8-20)28-11-13-30-14-12-28/h4-10,15,22H,11-14,16H2,1-3H3,(H,26,29). The highest BCUT2D eigenvalue weighted by Crippen LogP contribution is 2.31. The van der Waals surface area contributed by atoms with E-state index in [0.717, 1.165) is 42.6 Å². The fourth-order valence-electron chi connectivity index (χ4n) is 4.07. The second kappa shape index (κ2) is 9.73. The molecular formula is C25H29N3O2S. The third-order valence-electron chi connectivity index (χ3n) is 5.74. The molecule has 1 amide bonds. The summed E-state index contributed by atoms with van der Waals surface area (Å²) < 4.78 is 5.52. The van der Waals surface area contributed by atoms with E-state index in [2.05, 4.69) is 54.4 Å². The predicted octanol–water partition coefficient (Wildman–Crippen LogP) is 4.54. The molecule has 162 valence electrons. The molecule has 5 nitrogen and oxygen atoms in total. The van der Waals surface area contributed by atoms with Crippen LogP contribution in [-0.2, 0) is 4.74 Å². The number of morpholine rings is 1. The summed E-state index contributed by atoms with van der Waals surface area (Å²) in [6, 6.07) is 16.8. The number of thiazole rings is 1. The van der Waals surface area contributed by atoms with E-state index in [4.69, 9.17) is 9.72 Å². The first-order valence-electron chi connectivity index (χ1n) is 10.7. The van der Waals surface area contributed by atoms with Gasteiger partial charge in [0.15, 0.2) is 0 Å². The van der Waals surface area contributed by atoms with Crippen molar-refractivity contribution >= 4 is 17.2 Å². The first-order chi connectivity index (χ1) is 15.0. The lowest BCUT2D eigenvalue weighted by Crippen LogP contribution is -2.43. The summed E-state index contributed by atoms with van der Waals surface area (Å²) in [7, 11) is 0. The summed E-state index contributed by atoms with van der Waals surface area (Å²) in [6.07, 6.45) is 0. The number of ether oxygens (including phenoxy) is 1. The number of aryl methyl sites for hydroxylation is 3. The number of hydrogen-bond acceptors (Lipinski definition) is 5. The number of hydrogen-bond donors (Lipinski definition) is 1. The molecule has 0 bridgehead atoms. The van der Waals surface area contributed by atoms with E-state index < -0.39 is 0 Å². The molecule has 1 N–H and O–H groups in total. The van der Waals surface area contributed by atoms with Gasteiger partial charge in [0.1, 0.15) is 9.88 Å². The van der Waals surface area contributed by atoms with Gasteiger partial charge in [0.05, 0.1) is 24.9 Å². The first kappa shape index (κ1) is 21.7. The maximum atomic E-state index is 13.1. The van der Waals surface area contributed by atoms with Crippen LogP contribution < -0.4 is 5.32 Å². The Morgan fingerprint density at radius 1 is 1.13 bits per heavy atom. The van der Waals surface area contributed by atoms with Crippen LogP contribution in [0.2, 0.25) is 0 Å². The average Bonchev–Trinajstić information content (AvgIpc) is 3.16. The number of amides is 1. The topological polar surface area (TPSA) is 54.5 Å². The lowest BCUT2D eigenvalue weighted by Gasteiger charge is -2.34. The van der Waals surface area contributed by atoms with Crippen LogP contribution in [0.15, 0.2) is 48.5 Å². The molecule has 6 heteroatoms. The smallest absolute Gasteiger partial charge is 0.263 e. The van der Waals surface area contributed by atoms with Crippen LogP contribution >= 0.6 is 11.3 Å². The van der Waals surface area contributed by atoms with Gasteiger partial charge in [-0.05, 0) is 31.9 Å². The van der Waals surface area contributed by atoms with Crippen LogP contribution in [0.1, 0.15) is 38.1 Å². The molecule has 1 atom stereocenters. The quantitative estimate of drug-likeness (QED) is 0.618. The monoisotopic (exact) mass is 435 g/mol. The van der Waals surface area contributed by atoms with Crippen LogP contribution in [0.25, 0.3) is 10.6 Å². The highest BCUT2D eigenvalue weighted by atomic mass is 32.1. The molecule has 4 rings (SSSR count). The lowest BCUT2D eigenvalue weighted by molar-refractivity contribution is 0.0162. The van der Waals surface area contributed by atoms with Gasteiger partial charge in [0.2, 0.25) is 0 Å². The minimum atomic E-state index is -0.0554. The summed E-state index contributed by atoms with van der Waals surface area (Å²) in [6.45, 7) is 9.83. The van der Waals surface area contributed by atoms with Gasteiger partial charge in [-0.15, -0.1) is 11.3 Å². The highest BCUT2D eigenvalue weighted by Gasteiger charge is 2.24. The first-order valence-corrected chi connectivity index (χ1v) is 11.5. The van der Waals surface area contributed by atoms with Crippen molar-refractivity contribution in [3.05, 3.63) is 75.8 Å². The largest absolute Gasteiger partial charge is 0.379 e. The molecule has 1 aliphatic rings. The summed E-state index contributed by atoms with van der Waals surface area (Å²) in [5.41, 5.74) is 5.48. The van der Waals surface area contributed by atoms with Crippen LogP contribution in [0.5, 0.6) is 0 Å². The number of carbonyl (C=O) groups excluding carboxylic acids is 1. The van der Waals surface area contributed by atoms with Gasteiger partial charge in [-0.25, -0.2) is 4.98 Å². The molecule has 1 fully saturated rings. The molecule has 0 spiro atoms. The van der Waals surface area contributed by atoms with Crippen molar-refractivity contribution in [2.45, 2.75) is 26.8 Å². The van der Waals surface area contributed by atoms with E-state index in [1.807, 2.05) is 25.1 Å². The molecular weight excluding hydrogens is 406 g/mol. The normalized spacial score (nSPS) is 15.6. The molecule has 0 aliphatic carbocycles. The van der Waals surface area contributed by atoms with Gasteiger partial charge in [-0.1, -0.05) is 54.1 Å². The maximum Gasteiger partial charge on any atom is 0.263 e. The van der Waals surface area contributed by atoms with Crippen molar-refractivity contribution in [3.63, 3.8) is 0 Å². The minimum absolute atomic E-state index is 0.0554. The third kappa shape index (κ3) is 5.03. The number of aromatic nitrogens is 1. The Bertz CT molecular complexity index is 1040.